The van der Waals surface area contributed by atoms with Crippen LogP contribution in [0.1, 0.15) is 16.7 Å². The minimum Gasteiger partial charge on any atom is -0.454 e. The van der Waals surface area contributed by atoms with Gasteiger partial charge in [0, 0.05) is 0 Å². The molecule has 0 radical (unpaired) electrons. The Balaban J connectivity index is 1.85. The van der Waals surface area contributed by atoms with Gasteiger partial charge in [-0.15, -0.1) is 0 Å². The fourth-order valence-corrected chi connectivity index (χ4v) is 2.32. The normalized spacial score (nSPS) is 12.6. The van der Waals surface area contributed by atoms with E-state index in [9.17, 15) is 10.1 Å². The summed E-state index contributed by atoms with van der Waals surface area (Å²) >= 11 is 0. The Kier molecular flexibility index (Phi) is 3.84. The largest absolute Gasteiger partial charge is 0.454 e. The molecule has 7 heteroatoms. The van der Waals surface area contributed by atoms with Crippen LogP contribution < -0.4 is 14.9 Å². The molecule has 1 N–H and O–H groups in total. The maximum absolute atomic E-state index is 11.2. The van der Waals surface area contributed by atoms with E-state index >= 15 is 0 Å². The number of aryl methyl sites for hydroxylation is 2. The summed E-state index contributed by atoms with van der Waals surface area (Å²) in [5.41, 5.74) is 6.20. The van der Waals surface area contributed by atoms with Crippen LogP contribution in [0.2, 0.25) is 0 Å². The lowest BCUT2D eigenvalue weighted by atomic mass is 10.1. The number of rotatable bonds is 4. The van der Waals surface area contributed by atoms with Gasteiger partial charge in [-0.2, -0.15) is 5.10 Å². The van der Waals surface area contributed by atoms with Crippen molar-refractivity contribution in [3.63, 3.8) is 0 Å². The second-order valence-electron chi connectivity index (χ2n) is 5.21. The third kappa shape index (κ3) is 3.08. The molecule has 2 aromatic rings. The van der Waals surface area contributed by atoms with Crippen molar-refractivity contribution in [3.05, 3.63) is 57.1 Å². The molecule has 0 fully saturated rings. The highest BCUT2D eigenvalue weighted by Crippen LogP contribution is 2.37. The van der Waals surface area contributed by atoms with Crippen molar-refractivity contribution >= 4 is 17.6 Å². The van der Waals surface area contributed by atoms with Crippen LogP contribution in [0.3, 0.4) is 0 Å². The van der Waals surface area contributed by atoms with E-state index in [4.69, 9.17) is 9.47 Å². The van der Waals surface area contributed by atoms with E-state index in [0.717, 1.165) is 16.8 Å². The van der Waals surface area contributed by atoms with E-state index in [1.165, 1.54) is 12.3 Å². The smallest absolute Gasteiger partial charge is 0.282 e. The molecule has 0 amide bonds. The minimum absolute atomic E-state index is 0.0634. The van der Waals surface area contributed by atoms with E-state index in [1.807, 2.05) is 32.0 Å². The molecule has 118 valence electrons. The van der Waals surface area contributed by atoms with Crippen LogP contribution in [0.4, 0.5) is 11.4 Å². The first kappa shape index (κ1) is 14.8. The quantitative estimate of drug-likeness (QED) is 0.531. The van der Waals surface area contributed by atoms with Gasteiger partial charge in [-0.05, 0) is 31.5 Å². The van der Waals surface area contributed by atoms with Crippen molar-refractivity contribution in [2.24, 2.45) is 5.10 Å². The first-order valence-corrected chi connectivity index (χ1v) is 6.99. The van der Waals surface area contributed by atoms with Gasteiger partial charge in [-0.25, -0.2) is 0 Å². The molecule has 1 heterocycles. The predicted molar refractivity (Wildman–Crippen MR) is 86.4 cm³/mol. The van der Waals surface area contributed by atoms with Crippen molar-refractivity contribution in [1.29, 1.82) is 0 Å². The molecule has 23 heavy (non-hydrogen) atoms. The number of hydrogen-bond donors (Lipinski definition) is 1. The summed E-state index contributed by atoms with van der Waals surface area (Å²) in [6, 6.07) is 8.80. The zero-order valence-corrected chi connectivity index (χ0v) is 12.7. The molecule has 7 nitrogen and oxygen atoms in total. The van der Waals surface area contributed by atoms with Gasteiger partial charge in [0.25, 0.3) is 5.69 Å². The molecular weight excluding hydrogens is 298 g/mol. The van der Waals surface area contributed by atoms with Crippen LogP contribution in [-0.2, 0) is 0 Å². The van der Waals surface area contributed by atoms with Crippen molar-refractivity contribution < 1.29 is 14.4 Å². The van der Waals surface area contributed by atoms with Gasteiger partial charge in [0.15, 0.2) is 11.5 Å². The van der Waals surface area contributed by atoms with Crippen molar-refractivity contribution in [2.45, 2.75) is 13.8 Å². The van der Waals surface area contributed by atoms with Crippen molar-refractivity contribution in [3.8, 4) is 11.5 Å². The summed E-state index contributed by atoms with van der Waals surface area (Å²) in [6.45, 7) is 4.04. The fourth-order valence-electron chi connectivity index (χ4n) is 2.32. The molecule has 1 aliphatic heterocycles. The Morgan fingerprint density at radius 1 is 1.22 bits per heavy atom. The highest BCUT2D eigenvalue weighted by atomic mass is 16.7. The first-order valence-electron chi connectivity index (χ1n) is 6.99. The average Bonchev–Trinajstić information content (AvgIpc) is 2.95. The van der Waals surface area contributed by atoms with Gasteiger partial charge in [-0.1, -0.05) is 17.7 Å². The number of hydrazone groups is 1. The second kappa shape index (κ2) is 5.96. The third-order valence-corrected chi connectivity index (χ3v) is 3.49. The van der Waals surface area contributed by atoms with Crippen molar-refractivity contribution in [1.82, 2.24) is 0 Å². The Labute approximate surface area is 132 Å². The van der Waals surface area contributed by atoms with Crippen LogP contribution >= 0.6 is 0 Å². The summed E-state index contributed by atoms with van der Waals surface area (Å²) in [7, 11) is 0. The molecule has 0 spiro atoms. The van der Waals surface area contributed by atoms with Gasteiger partial charge in [0.1, 0.15) is 0 Å². The predicted octanol–water partition coefficient (Wildman–Crippen LogP) is 3.39. The fraction of sp³-hybridized carbons (Fsp3) is 0.188. The molecule has 2 aromatic carbocycles. The number of ether oxygens (including phenoxy) is 2. The molecule has 3 rings (SSSR count). The Morgan fingerprint density at radius 2 is 1.96 bits per heavy atom. The van der Waals surface area contributed by atoms with Crippen LogP contribution in [-0.4, -0.2) is 17.9 Å². The van der Waals surface area contributed by atoms with Crippen LogP contribution in [0, 0.1) is 24.0 Å². The van der Waals surface area contributed by atoms with E-state index in [1.54, 1.807) is 6.07 Å². The lowest BCUT2D eigenvalue weighted by Crippen LogP contribution is -1.97. The highest BCUT2D eigenvalue weighted by molar-refractivity contribution is 5.87. The van der Waals surface area contributed by atoms with Crippen molar-refractivity contribution in [2.75, 3.05) is 12.2 Å². The summed E-state index contributed by atoms with van der Waals surface area (Å²) in [5, 5.41) is 15.3. The number of fused-ring (bicyclic) bond motifs is 1. The third-order valence-electron chi connectivity index (χ3n) is 3.49. The average molecular weight is 313 g/mol. The number of hydrogen-bond acceptors (Lipinski definition) is 6. The molecule has 0 aliphatic carbocycles. The van der Waals surface area contributed by atoms with Crippen LogP contribution in [0.15, 0.2) is 35.4 Å². The van der Waals surface area contributed by atoms with Gasteiger partial charge in [-0.3, -0.25) is 15.5 Å². The number of benzene rings is 2. The Morgan fingerprint density at radius 3 is 2.65 bits per heavy atom. The lowest BCUT2D eigenvalue weighted by molar-refractivity contribution is -0.385. The topological polar surface area (TPSA) is 86.0 Å². The Hall–Kier alpha value is -3.09. The minimum atomic E-state index is -0.472. The molecule has 0 saturated heterocycles. The van der Waals surface area contributed by atoms with Gasteiger partial charge in [0.2, 0.25) is 6.79 Å². The molecule has 0 bridgehead atoms. The Bertz CT molecular complexity index is 802. The monoisotopic (exact) mass is 313 g/mol. The zero-order chi connectivity index (χ0) is 16.4. The number of nitrogens with one attached hydrogen (secondary N) is 1. The standard InChI is InChI=1S/C16H15N3O4/c1-10-3-4-13(11(2)5-10)18-17-8-12-6-15-16(23-9-22-15)7-14(12)19(20)21/h3-8,18H,9H2,1-2H3. The van der Waals surface area contributed by atoms with Gasteiger partial charge < -0.3 is 9.47 Å². The second-order valence-corrected chi connectivity index (χ2v) is 5.21. The number of anilines is 1. The number of nitro benzene ring substituents is 1. The first-order chi connectivity index (χ1) is 11.0. The van der Waals surface area contributed by atoms with E-state index in [-0.39, 0.29) is 12.5 Å². The van der Waals surface area contributed by atoms with E-state index in [2.05, 4.69) is 10.5 Å². The molecule has 1 aliphatic rings. The molecule has 0 unspecified atom stereocenters. The van der Waals surface area contributed by atoms with Crippen LogP contribution in [0.25, 0.3) is 0 Å². The summed E-state index contributed by atoms with van der Waals surface area (Å²) < 4.78 is 10.4. The lowest BCUT2D eigenvalue weighted by Gasteiger charge is -2.05. The number of nitro groups is 1. The molecule has 0 aromatic heterocycles. The summed E-state index contributed by atoms with van der Waals surface area (Å²) in [4.78, 5) is 10.7. The molecule has 0 atom stereocenters. The molecule has 0 saturated carbocycles. The maximum Gasteiger partial charge on any atom is 0.282 e. The van der Waals surface area contributed by atoms with E-state index < -0.39 is 4.92 Å². The summed E-state index contributed by atoms with van der Waals surface area (Å²) in [5.74, 6) is 0.847. The van der Waals surface area contributed by atoms with Gasteiger partial charge in [0.05, 0.1) is 28.5 Å². The van der Waals surface area contributed by atoms with Gasteiger partial charge >= 0.3 is 0 Å². The maximum atomic E-state index is 11.2. The van der Waals surface area contributed by atoms with E-state index in [0.29, 0.717) is 17.1 Å². The van der Waals surface area contributed by atoms with Crippen LogP contribution in [0.5, 0.6) is 11.5 Å². The summed E-state index contributed by atoms with van der Waals surface area (Å²) in [6.07, 6.45) is 1.40. The highest BCUT2D eigenvalue weighted by Gasteiger charge is 2.22. The SMILES string of the molecule is Cc1ccc(NN=Cc2cc3c(cc2[N+](=O)[O-])OCO3)c(C)c1. The zero-order valence-electron chi connectivity index (χ0n) is 12.7. The number of nitrogens with zero attached hydrogens (tertiary/aromatic N) is 2. The molecular formula is C16H15N3O4.